The molecule has 14 heavy (non-hydrogen) atoms. The highest BCUT2D eigenvalue weighted by molar-refractivity contribution is 5.24. The van der Waals surface area contributed by atoms with Crippen molar-refractivity contribution in [2.45, 2.75) is 18.9 Å². The lowest BCUT2D eigenvalue weighted by Crippen LogP contribution is -2.15. The summed E-state index contributed by atoms with van der Waals surface area (Å²) >= 11 is 0. The van der Waals surface area contributed by atoms with Gasteiger partial charge in [0, 0.05) is 17.7 Å². The van der Waals surface area contributed by atoms with Gasteiger partial charge in [0.15, 0.2) is 11.6 Å². The lowest BCUT2D eigenvalue weighted by Gasteiger charge is -2.11. The molecule has 2 rings (SSSR count). The van der Waals surface area contributed by atoms with Crippen LogP contribution in [0.25, 0.3) is 0 Å². The van der Waals surface area contributed by atoms with E-state index < -0.39 is 17.5 Å². The van der Waals surface area contributed by atoms with Crippen LogP contribution in [-0.4, -0.2) is 6.54 Å². The molecule has 0 bridgehead atoms. The van der Waals surface area contributed by atoms with E-state index in [0.29, 0.717) is 6.07 Å². The Labute approximate surface area is 79.9 Å². The Morgan fingerprint density at radius 1 is 1.21 bits per heavy atom. The summed E-state index contributed by atoms with van der Waals surface area (Å²) in [6, 6.07) is 1.37. The molecular formula is C10H10F3N. The molecule has 0 aliphatic carbocycles. The second-order valence-corrected chi connectivity index (χ2v) is 3.44. The van der Waals surface area contributed by atoms with Gasteiger partial charge in [-0.15, -0.1) is 0 Å². The first-order valence-corrected chi connectivity index (χ1v) is 4.56. The number of rotatable bonds is 1. The van der Waals surface area contributed by atoms with E-state index in [9.17, 15) is 13.2 Å². The highest BCUT2D eigenvalue weighted by Gasteiger charge is 2.22. The minimum atomic E-state index is -1.12. The third kappa shape index (κ3) is 1.62. The van der Waals surface area contributed by atoms with Crippen molar-refractivity contribution in [1.29, 1.82) is 0 Å². The van der Waals surface area contributed by atoms with E-state index in [1.165, 1.54) is 0 Å². The SMILES string of the molecule is Fc1cc(F)c(F)c([C@H]2CCCN2)c1. The monoisotopic (exact) mass is 201 g/mol. The topological polar surface area (TPSA) is 12.0 Å². The molecule has 1 fully saturated rings. The number of hydrogen-bond acceptors (Lipinski definition) is 1. The maximum absolute atomic E-state index is 13.3. The lowest BCUT2D eigenvalue weighted by molar-refractivity contribution is 0.468. The van der Waals surface area contributed by atoms with E-state index >= 15 is 0 Å². The summed E-state index contributed by atoms with van der Waals surface area (Å²) in [6.07, 6.45) is 1.63. The molecule has 0 spiro atoms. The molecule has 0 unspecified atom stereocenters. The Kier molecular flexibility index (Phi) is 2.46. The molecule has 1 aromatic carbocycles. The van der Waals surface area contributed by atoms with Crippen molar-refractivity contribution in [1.82, 2.24) is 5.32 Å². The third-order valence-electron chi connectivity index (χ3n) is 2.46. The standard InChI is InChI=1S/C10H10F3N/c11-6-4-7(9-2-1-3-14-9)10(13)8(12)5-6/h4-5,9,14H,1-3H2/t9-/m1/s1. The predicted octanol–water partition coefficient (Wildman–Crippen LogP) is 2.53. The molecule has 1 aliphatic heterocycles. The van der Waals surface area contributed by atoms with Crippen LogP contribution in [0.3, 0.4) is 0 Å². The Morgan fingerprint density at radius 3 is 2.64 bits per heavy atom. The van der Waals surface area contributed by atoms with Crippen molar-refractivity contribution in [2.24, 2.45) is 0 Å². The Bertz CT molecular complexity index is 345. The molecule has 0 radical (unpaired) electrons. The first-order chi connectivity index (χ1) is 6.68. The van der Waals surface area contributed by atoms with Crippen molar-refractivity contribution in [3.8, 4) is 0 Å². The number of benzene rings is 1. The van der Waals surface area contributed by atoms with Crippen LogP contribution < -0.4 is 5.32 Å². The molecule has 1 nitrogen and oxygen atoms in total. The molecule has 0 aromatic heterocycles. The summed E-state index contributed by atoms with van der Waals surface area (Å²) in [6.45, 7) is 0.766. The zero-order valence-electron chi connectivity index (χ0n) is 7.49. The fourth-order valence-electron chi connectivity index (χ4n) is 1.78. The van der Waals surface area contributed by atoms with Crippen LogP contribution in [0, 0.1) is 17.5 Å². The zero-order valence-corrected chi connectivity index (χ0v) is 7.49. The van der Waals surface area contributed by atoms with E-state index in [4.69, 9.17) is 0 Å². The van der Waals surface area contributed by atoms with Crippen LogP contribution in [0.2, 0.25) is 0 Å². The molecule has 1 saturated heterocycles. The average Bonchev–Trinajstić information content (AvgIpc) is 2.63. The van der Waals surface area contributed by atoms with Crippen molar-refractivity contribution in [2.75, 3.05) is 6.54 Å². The van der Waals surface area contributed by atoms with E-state index in [0.717, 1.165) is 25.5 Å². The van der Waals surface area contributed by atoms with Gasteiger partial charge in [0.05, 0.1) is 0 Å². The number of halogens is 3. The molecule has 1 heterocycles. The molecule has 1 aromatic rings. The van der Waals surface area contributed by atoms with E-state index in [2.05, 4.69) is 5.32 Å². The summed E-state index contributed by atoms with van der Waals surface area (Å²) in [4.78, 5) is 0. The van der Waals surface area contributed by atoms with Crippen molar-refractivity contribution < 1.29 is 13.2 Å². The smallest absolute Gasteiger partial charge is 0.163 e. The van der Waals surface area contributed by atoms with Gasteiger partial charge in [-0.25, -0.2) is 13.2 Å². The fourth-order valence-corrected chi connectivity index (χ4v) is 1.78. The molecule has 1 atom stereocenters. The second-order valence-electron chi connectivity index (χ2n) is 3.44. The molecule has 0 saturated carbocycles. The van der Waals surface area contributed by atoms with Gasteiger partial charge in [0.1, 0.15) is 5.82 Å². The summed E-state index contributed by atoms with van der Waals surface area (Å²) in [5.41, 5.74) is 0.0972. The predicted molar refractivity (Wildman–Crippen MR) is 46.3 cm³/mol. The van der Waals surface area contributed by atoms with Crippen LogP contribution in [0.4, 0.5) is 13.2 Å². The third-order valence-corrected chi connectivity index (χ3v) is 2.46. The summed E-state index contributed by atoms with van der Waals surface area (Å²) in [7, 11) is 0. The van der Waals surface area contributed by atoms with Gasteiger partial charge in [0.25, 0.3) is 0 Å². The van der Waals surface area contributed by atoms with E-state index in [1.807, 2.05) is 0 Å². The zero-order chi connectivity index (χ0) is 10.1. The van der Waals surface area contributed by atoms with Crippen LogP contribution in [-0.2, 0) is 0 Å². The van der Waals surface area contributed by atoms with Gasteiger partial charge >= 0.3 is 0 Å². The highest BCUT2D eigenvalue weighted by atomic mass is 19.2. The van der Waals surface area contributed by atoms with Crippen molar-refractivity contribution >= 4 is 0 Å². The molecule has 1 N–H and O–H groups in total. The van der Waals surface area contributed by atoms with Gasteiger partial charge in [-0.3, -0.25) is 0 Å². The van der Waals surface area contributed by atoms with E-state index in [1.54, 1.807) is 0 Å². The van der Waals surface area contributed by atoms with Gasteiger partial charge in [0.2, 0.25) is 0 Å². The summed E-state index contributed by atoms with van der Waals surface area (Å²) < 4.78 is 38.9. The largest absolute Gasteiger partial charge is 0.310 e. The van der Waals surface area contributed by atoms with Gasteiger partial charge in [-0.2, -0.15) is 0 Å². The second kappa shape index (κ2) is 3.61. The molecular weight excluding hydrogens is 191 g/mol. The normalized spacial score (nSPS) is 21.5. The van der Waals surface area contributed by atoms with Crippen LogP contribution in [0.5, 0.6) is 0 Å². The Balaban J connectivity index is 2.40. The Hall–Kier alpha value is -1.03. The molecule has 76 valence electrons. The lowest BCUT2D eigenvalue weighted by atomic mass is 10.0. The number of nitrogens with one attached hydrogen (secondary N) is 1. The van der Waals surface area contributed by atoms with Crippen LogP contribution >= 0.6 is 0 Å². The highest BCUT2D eigenvalue weighted by Crippen LogP contribution is 2.27. The maximum atomic E-state index is 13.3. The summed E-state index contributed by atoms with van der Waals surface area (Å²) in [5.74, 6) is -2.79. The Morgan fingerprint density at radius 2 is 2.00 bits per heavy atom. The maximum Gasteiger partial charge on any atom is 0.163 e. The fraction of sp³-hybridized carbons (Fsp3) is 0.400. The van der Waals surface area contributed by atoms with Crippen LogP contribution in [0.1, 0.15) is 24.4 Å². The van der Waals surface area contributed by atoms with Gasteiger partial charge in [-0.05, 0) is 25.5 Å². The van der Waals surface area contributed by atoms with Gasteiger partial charge < -0.3 is 5.32 Å². The number of hydrogen-bond donors (Lipinski definition) is 1. The first kappa shape index (κ1) is 9.52. The summed E-state index contributed by atoms with van der Waals surface area (Å²) in [5, 5.41) is 2.99. The minimum Gasteiger partial charge on any atom is -0.310 e. The molecule has 4 heteroatoms. The first-order valence-electron chi connectivity index (χ1n) is 4.56. The quantitative estimate of drug-likeness (QED) is 0.688. The average molecular weight is 201 g/mol. The van der Waals surface area contributed by atoms with Crippen molar-refractivity contribution in [3.63, 3.8) is 0 Å². The van der Waals surface area contributed by atoms with E-state index in [-0.39, 0.29) is 11.6 Å². The van der Waals surface area contributed by atoms with Crippen molar-refractivity contribution in [3.05, 3.63) is 35.1 Å². The van der Waals surface area contributed by atoms with Crippen LogP contribution in [0.15, 0.2) is 12.1 Å². The molecule has 0 amide bonds. The minimum absolute atomic E-state index is 0.0972. The molecule has 1 aliphatic rings. The van der Waals surface area contributed by atoms with Gasteiger partial charge in [-0.1, -0.05) is 0 Å².